The smallest absolute Gasteiger partial charge is 0.257 e. The van der Waals surface area contributed by atoms with Crippen molar-refractivity contribution in [3.8, 4) is 0 Å². The third-order valence-corrected chi connectivity index (χ3v) is 3.93. The van der Waals surface area contributed by atoms with Crippen LogP contribution < -0.4 is 16.0 Å². The summed E-state index contributed by atoms with van der Waals surface area (Å²) in [5.74, 6) is -0.453. The molecule has 0 spiro atoms. The number of benzene rings is 2. The van der Waals surface area contributed by atoms with E-state index in [1.165, 1.54) is 0 Å². The molecule has 2 aromatic rings. The number of thiocarbonyl (C=S) groups is 1. The van der Waals surface area contributed by atoms with E-state index in [-0.39, 0.29) is 16.9 Å². The number of halogens is 1. The van der Waals surface area contributed by atoms with Gasteiger partial charge in [-0.3, -0.25) is 14.9 Å². The van der Waals surface area contributed by atoms with Crippen molar-refractivity contribution in [2.24, 2.45) is 0 Å². The molecule has 2 aromatic carbocycles. The molecular weight excluding hydrogens is 402 g/mol. The topological polar surface area (TPSA) is 70.2 Å². The first-order valence-corrected chi connectivity index (χ1v) is 8.96. The molecule has 0 aliphatic rings. The van der Waals surface area contributed by atoms with Crippen LogP contribution in [0.5, 0.6) is 0 Å². The zero-order valence-electron chi connectivity index (χ0n) is 13.6. The Morgan fingerprint density at radius 3 is 2.40 bits per heavy atom. The molecule has 0 aliphatic carbocycles. The number of amides is 2. The van der Waals surface area contributed by atoms with Gasteiger partial charge in [0.15, 0.2) is 5.11 Å². The summed E-state index contributed by atoms with van der Waals surface area (Å²) in [5, 5.41) is 8.51. The number of anilines is 1. The average Bonchev–Trinajstić information content (AvgIpc) is 2.59. The van der Waals surface area contributed by atoms with Crippen molar-refractivity contribution in [3.63, 3.8) is 0 Å². The molecule has 0 aromatic heterocycles. The Balaban J connectivity index is 1.98. The highest BCUT2D eigenvalue weighted by Crippen LogP contribution is 2.13. The number of hydrogen-bond acceptors (Lipinski definition) is 3. The normalized spacial score (nSPS) is 10.0. The third-order valence-electron chi connectivity index (χ3n) is 3.23. The maximum absolute atomic E-state index is 12.2. The monoisotopic (exact) mass is 419 g/mol. The average molecular weight is 420 g/mol. The van der Waals surface area contributed by atoms with Crippen LogP contribution in [-0.2, 0) is 0 Å². The summed E-state index contributed by atoms with van der Waals surface area (Å²) in [5.41, 5.74) is 1.65. The number of rotatable bonds is 5. The molecule has 2 amide bonds. The third kappa shape index (κ3) is 5.95. The van der Waals surface area contributed by atoms with Crippen molar-refractivity contribution in [2.45, 2.75) is 13.3 Å². The molecule has 5 nitrogen and oxygen atoms in total. The number of hydrogen-bond donors (Lipinski definition) is 3. The summed E-state index contributed by atoms with van der Waals surface area (Å²) in [7, 11) is 0. The van der Waals surface area contributed by atoms with Gasteiger partial charge in [-0.25, -0.2) is 0 Å². The van der Waals surface area contributed by atoms with Crippen molar-refractivity contribution in [1.29, 1.82) is 0 Å². The second-order valence-corrected chi connectivity index (χ2v) is 6.58. The molecule has 7 heteroatoms. The van der Waals surface area contributed by atoms with Crippen molar-refractivity contribution in [2.75, 3.05) is 11.9 Å². The molecular formula is C18H18BrN3O2S. The van der Waals surface area contributed by atoms with Gasteiger partial charge in [-0.15, -0.1) is 0 Å². The Morgan fingerprint density at radius 1 is 1.04 bits per heavy atom. The van der Waals surface area contributed by atoms with Gasteiger partial charge in [0, 0.05) is 27.8 Å². The Labute approximate surface area is 160 Å². The van der Waals surface area contributed by atoms with Crippen LogP contribution in [-0.4, -0.2) is 23.5 Å². The summed E-state index contributed by atoms with van der Waals surface area (Å²) < 4.78 is 0.810. The lowest BCUT2D eigenvalue weighted by Gasteiger charge is -2.11. The van der Waals surface area contributed by atoms with E-state index in [2.05, 4.69) is 31.9 Å². The molecule has 2 rings (SSSR count). The second kappa shape index (κ2) is 9.29. The Bertz CT molecular complexity index is 795. The zero-order valence-corrected chi connectivity index (χ0v) is 16.0. The number of carbonyl (C=O) groups is 2. The molecule has 0 radical (unpaired) electrons. The van der Waals surface area contributed by atoms with Gasteiger partial charge in [-0.2, -0.15) is 0 Å². The molecule has 0 bridgehead atoms. The van der Waals surface area contributed by atoms with E-state index in [1.54, 1.807) is 42.5 Å². The minimum atomic E-state index is -0.310. The number of carbonyl (C=O) groups excluding carboxylic acids is 2. The van der Waals surface area contributed by atoms with E-state index in [0.29, 0.717) is 23.4 Å². The molecule has 0 saturated carbocycles. The summed E-state index contributed by atoms with van der Waals surface area (Å²) in [6, 6.07) is 13.9. The summed E-state index contributed by atoms with van der Waals surface area (Å²) in [6.07, 6.45) is 0.870. The highest BCUT2D eigenvalue weighted by atomic mass is 79.9. The SMILES string of the molecule is CCCNC(=O)c1cccc(NC(=S)NC(=O)c2cccc(Br)c2)c1. The van der Waals surface area contributed by atoms with Crippen LogP contribution in [0.25, 0.3) is 0 Å². The summed E-state index contributed by atoms with van der Waals surface area (Å²) >= 11 is 8.49. The molecule has 0 heterocycles. The number of nitrogens with one attached hydrogen (secondary N) is 3. The van der Waals surface area contributed by atoms with E-state index in [0.717, 1.165) is 10.9 Å². The van der Waals surface area contributed by atoms with Gasteiger partial charge in [0.2, 0.25) is 0 Å². The van der Waals surface area contributed by atoms with Crippen LogP contribution in [0.15, 0.2) is 53.0 Å². The molecule has 3 N–H and O–H groups in total. The van der Waals surface area contributed by atoms with Crippen molar-refractivity contribution in [1.82, 2.24) is 10.6 Å². The fourth-order valence-electron chi connectivity index (χ4n) is 2.05. The van der Waals surface area contributed by atoms with Crippen LogP contribution >= 0.6 is 28.1 Å². The highest BCUT2D eigenvalue weighted by molar-refractivity contribution is 9.10. The standard InChI is InChI=1S/C18H18BrN3O2S/c1-2-9-20-16(23)13-6-4-8-15(11-13)21-18(25)22-17(24)12-5-3-7-14(19)10-12/h3-8,10-11H,2,9H2,1H3,(H,20,23)(H2,21,22,24,25). The van der Waals surface area contributed by atoms with E-state index in [1.807, 2.05) is 13.0 Å². The van der Waals surface area contributed by atoms with Crippen LogP contribution in [0.4, 0.5) is 5.69 Å². The summed E-state index contributed by atoms with van der Waals surface area (Å²) in [6.45, 7) is 2.61. The fraction of sp³-hybridized carbons (Fsp3) is 0.167. The molecule has 0 saturated heterocycles. The Morgan fingerprint density at radius 2 is 1.72 bits per heavy atom. The lowest BCUT2D eigenvalue weighted by atomic mass is 10.2. The van der Waals surface area contributed by atoms with Gasteiger partial charge in [0.1, 0.15) is 0 Å². The van der Waals surface area contributed by atoms with Gasteiger partial charge < -0.3 is 10.6 Å². The molecule has 25 heavy (non-hydrogen) atoms. The van der Waals surface area contributed by atoms with Gasteiger partial charge >= 0.3 is 0 Å². The zero-order chi connectivity index (χ0) is 18.2. The molecule has 0 fully saturated rings. The first-order valence-electron chi connectivity index (χ1n) is 7.75. The van der Waals surface area contributed by atoms with Crippen LogP contribution in [0.1, 0.15) is 34.1 Å². The van der Waals surface area contributed by atoms with Gasteiger partial charge in [0.25, 0.3) is 11.8 Å². The van der Waals surface area contributed by atoms with Crippen LogP contribution in [0, 0.1) is 0 Å². The van der Waals surface area contributed by atoms with E-state index >= 15 is 0 Å². The van der Waals surface area contributed by atoms with E-state index in [4.69, 9.17) is 12.2 Å². The summed E-state index contributed by atoms with van der Waals surface area (Å²) in [4.78, 5) is 24.2. The molecule has 0 aliphatic heterocycles. The predicted molar refractivity (Wildman–Crippen MR) is 107 cm³/mol. The van der Waals surface area contributed by atoms with Crippen molar-refractivity contribution < 1.29 is 9.59 Å². The van der Waals surface area contributed by atoms with Crippen LogP contribution in [0.2, 0.25) is 0 Å². The van der Waals surface area contributed by atoms with E-state index in [9.17, 15) is 9.59 Å². The minimum Gasteiger partial charge on any atom is -0.352 e. The lowest BCUT2D eigenvalue weighted by molar-refractivity contribution is 0.0951. The van der Waals surface area contributed by atoms with Crippen molar-refractivity contribution in [3.05, 3.63) is 64.1 Å². The van der Waals surface area contributed by atoms with Crippen molar-refractivity contribution >= 4 is 50.8 Å². The quantitative estimate of drug-likeness (QED) is 0.645. The highest BCUT2D eigenvalue weighted by Gasteiger charge is 2.09. The Hall–Kier alpha value is -2.25. The second-order valence-electron chi connectivity index (χ2n) is 5.26. The van der Waals surface area contributed by atoms with E-state index < -0.39 is 0 Å². The van der Waals surface area contributed by atoms with Gasteiger partial charge in [-0.05, 0) is 55.0 Å². The maximum Gasteiger partial charge on any atom is 0.257 e. The molecule has 0 atom stereocenters. The van der Waals surface area contributed by atoms with Gasteiger partial charge in [0.05, 0.1) is 0 Å². The molecule has 0 unspecified atom stereocenters. The maximum atomic E-state index is 12.2. The minimum absolute atomic E-state index is 0.144. The predicted octanol–water partition coefficient (Wildman–Crippen LogP) is 3.72. The van der Waals surface area contributed by atoms with Gasteiger partial charge in [-0.1, -0.05) is 35.0 Å². The molecule has 130 valence electrons. The Kier molecular flexibility index (Phi) is 7.09. The first-order chi connectivity index (χ1) is 12.0. The van der Waals surface area contributed by atoms with Crippen LogP contribution in [0.3, 0.4) is 0 Å². The lowest BCUT2D eigenvalue weighted by Crippen LogP contribution is -2.34. The largest absolute Gasteiger partial charge is 0.352 e. The first kappa shape index (κ1) is 19.1. The fourth-order valence-corrected chi connectivity index (χ4v) is 2.66.